The number of nitrogens with one attached hydrogen (secondary N) is 1. The molecule has 1 nitrogen and oxygen atoms in total. The van der Waals surface area contributed by atoms with Gasteiger partial charge in [-0.1, -0.05) is 32.0 Å². The van der Waals surface area contributed by atoms with Crippen LogP contribution in [0.1, 0.15) is 19.4 Å². The van der Waals surface area contributed by atoms with E-state index in [0.717, 1.165) is 11.6 Å². The SMILES string of the molecule is CC(C)NCc1cccc(-c2ccc(F)c(F)c2F)c1. The molecule has 1 N–H and O–H groups in total. The minimum atomic E-state index is -1.44. The molecule has 0 saturated heterocycles. The molecule has 0 saturated carbocycles. The highest BCUT2D eigenvalue weighted by Gasteiger charge is 2.14. The Morgan fingerprint density at radius 3 is 2.45 bits per heavy atom. The zero-order chi connectivity index (χ0) is 14.7. The van der Waals surface area contributed by atoms with Gasteiger partial charge in [-0.2, -0.15) is 0 Å². The highest BCUT2D eigenvalue weighted by Crippen LogP contribution is 2.26. The average Bonchev–Trinajstić information content (AvgIpc) is 2.43. The van der Waals surface area contributed by atoms with Gasteiger partial charge in [0.25, 0.3) is 0 Å². The normalized spacial score (nSPS) is 11.1. The fraction of sp³-hybridized carbons (Fsp3) is 0.250. The van der Waals surface area contributed by atoms with Gasteiger partial charge in [-0.15, -0.1) is 0 Å². The smallest absolute Gasteiger partial charge is 0.195 e. The van der Waals surface area contributed by atoms with E-state index in [1.165, 1.54) is 6.07 Å². The molecule has 0 aliphatic heterocycles. The van der Waals surface area contributed by atoms with Gasteiger partial charge in [-0.3, -0.25) is 0 Å². The predicted octanol–water partition coefficient (Wildman–Crippen LogP) is 4.27. The largest absolute Gasteiger partial charge is 0.310 e. The first-order chi connectivity index (χ1) is 9.49. The fourth-order valence-electron chi connectivity index (χ4n) is 1.92. The van der Waals surface area contributed by atoms with Crippen LogP contribution in [0.5, 0.6) is 0 Å². The van der Waals surface area contributed by atoms with Crippen molar-refractivity contribution in [1.82, 2.24) is 5.32 Å². The van der Waals surface area contributed by atoms with Crippen molar-refractivity contribution in [3.63, 3.8) is 0 Å². The van der Waals surface area contributed by atoms with Crippen LogP contribution in [0.2, 0.25) is 0 Å². The predicted molar refractivity (Wildman–Crippen MR) is 73.7 cm³/mol. The van der Waals surface area contributed by atoms with Crippen LogP contribution in [0.3, 0.4) is 0 Å². The summed E-state index contributed by atoms with van der Waals surface area (Å²) in [6.07, 6.45) is 0. The Hall–Kier alpha value is -1.81. The molecular formula is C16H16F3N. The molecule has 2 rings (SSSR count). The topological polar surface area (TPSA) is 12.0 Å². The third kappa shape index (κ3) is 3.20. The Kier molecular flexibility index (Phi) is 4.45. The molecule has 0 aliphatic rings. The standard InChI is InChI=1S/C16H16F3N/c1-10(2)20-9-11-4-3-5-12(8-11)13-6-7-14(17)16(19)15(13)18/h3-8,10,20H,9H2,1-2H3. The molecule has 4 heteroatoms. The fourth-order valence-corrected chi connectivity index (χ4v) is 1.92. The van der Waals surface area contributed by atoms with Crippen LogP contribution in [-0.2, 0) is 6.54 Å². The molecule has 0 heterocycles. The van der Waals surface area contributed by atoms with E-state index in [0.29, 0.717) is 18.2 Å². The lowest BCUT2D eigenvalue weighted by molar-refractivity contribution is 0.449. The van der Waals surface area contributed by atoms with E-state index in [1.54, 1.807) is 18.2 Å². The number of hydrogen-bond acceptors (Lipinski definition) is 1. The summed E-state index contributed by atoms with van der Waals surface area (Å²) in [5, 5.41) is 3.25. The first kappa shape index (κ1) is 14.6. The van der Waals surface area contributed by atoms with Crippen molar-refractivity contribution < 1.29 is 13.2 Å². The lowest BCUT2D eigenvalue weighted by atomic mass is 10.0. The van der Waals surface area contributed by atoms with Crippen LogP contribution in [-0.4, -0.2) is 6.04 Å². The molecule has 0 aromatic heterocycles. The van der Waals surface area contributed by atoms with Gasteiger partial charge in [0, 0.05) is 18.2 Å². The minimum Gasteiger partial charge on any atom is -0.310 e. The number of rotatable bonds is 4. The van der Waals surface area contributed by atoms with Crippen molar-refractivity contribution in [3.05, 3.63) is 59.4 Å². The van der Waals surface area contributed by atoms with Crippen molar-refractivity contribution in [3.8, 4) is 11.1 Å². The minimum absolute atomic E-state index is 0.0651. The van der Waals surface area contributed by atoms with Crippen molar-refractivity contribution in [2.75, 3.05) is 0 Å². The van der Waals surface area contributed by atoms with Gasteiger partial charge < -0.3 is 5.32 Å². The van der Waals surface area contributed by atoms with E-state index < -0.39 is 17.5 Å². The molecule has 0 aliphatic carbocycles. The maximum Gasteiger partial charge on any atom is 0.195 e. The first-order valence-electron chi connectivity index (χ1n) is 6.45. The molecule has 0 bridgehead atoms. The Balaban J connectivity index is 2.34. The van der Waals surface area contributed by atoms with Gasteiger partial charge in [0.05, 0.1) is 0 Å². The van der Waals surface area contributed by atoms with Crippen molar-refractivity contribution in [1.29, 1.82) is 0 Å². The maximum absolute atomic E-state index is 13.8. The molecule has 2 aromatic carbocycles. The van der Waals surface area contributed by atoms with Crippen LogP contribution < -0.4 is 5.32 Å². The second-order valence-corrected chi connectivity index (χ2v) is 4.96. The van der Waals surface area contributed by atoms with E-state index >= 15 is 0 Å². The lowest BCUT2D eigenvalue weighted by Gasteiger charge is -2.10. The van der Waals surface area contributed by atoms with Crippen LogP contribution in [0, 0.1) is 17.5 Å². The molecule has 106 valence electrons. The van der Waals surface area contributed by atoms with E-state index in [4.69, 9.17) is 0 Å². The highest BCUT2D eigenvalue weighted by molar-refractivity contribution is 5.65. The molecule has 0 unspecified atom stereocenters. The van der Waals surface area contributed by atoms with Crippen LogP contribution in [0.15, 0.2) is 36.4 Å². The summed E-state index contributed by atoms with van der Waals surface area (Å²) in [7, 11) is 0. The van der Waals surface area contributed by atoms with Crippen molar-refractivity contribution in [2.45, 2.75) is 26.4 Å². The third-order valence-electron chi connectivity index (χ3n) is 2.99. The number of halogens is 3. The molecule has 0 amide bonds. The quantitative estimate of drug-likeness (QED) is 0.824. The summed E-state index contributed by atoms with van der Waals surface area (Å²) in [6.45, 7) is 4.69. The maximum atomic E-state index is 13.8. The molecule has 2 aromatic rings. The van der Waals surface area contributed by atoms with Crippen LogP contribution in [0.4, 0.5) is 13.2 Å². The van der Waals surface area contributed by atoms with Gasteiger partial charge >= 0.3 is 0 Å². The number of benzene rings is 2. The summed E-state index contributed by atoms with van der Waals surface area (Å²) in [5.74, 6) is -3.77. The molecule has 0 spiro atoms. The summed E-state index contributed by atoms with van der Waals surface area (Å²) in [5.41, 5.74) is 1.56. The molecular weight excluding hydrogens is 263 g/mol. The second kappa shape index (κ2) is 6.09. The van der Waals surface area contributed by atoms with Gasteiger partial charge in [-0.05, 0) is 29.3 Å². The van der Waals surface area contributed by atoms with Crippen LogP contribution in [0.25, 0.3) is 11.1 Å². The first-order valence-corrected chi connectivity index (χ1v) is 6.45. The van der Waals surface area contributed by atoms with Crippen molar-refractivity contribution in [2.24, 2.45) is 0 Å². The van der Waals surface area contributed by atoms with E-state index in [2.05, 4.69) is 5.32 Å². The average molecular weight is 279 g/mol. The summed E-state index contributed by atoms with van der Waals surface area (Å²) in [4.78, 5) is 0. The summed E-state index contributed by atoms with van der Waals surface area (Å²) >= 11 is 0. The Morgan fingerprint density at radius 2 is 1.75 bits per heavy atom. The molecule has 20 heavy (non-hydrogen) atoms. The van der Waals surface area contributed by atoms with E-state index in [-0.39, 0.29) is 5.56 Å². The van der Waals surface area contributed by atoms with Gasteiger partial charge in [0.2, 0.25) is 0 Å². The van der Waals surface area contributed by atoms with Crippen molar-refractivity contribution >= 4 is 0 Å². The van der Waals surface area contributed by atoms with E-state index in [1.807, 2.05) is 19.9 Å². The molecule has 0 radical (unpaired) electrons. The molecule has 0 fully saturated rings. The van der Waals surface area contributed by atoms with Gasteiger partial charge in [0.15, 0.2) is 17.5 Å². The number of hydrogen-bond donors (Lipinski definition) is 1. The highest BCUT2D eigenvalue weighted by atomic mass is 19.2. The van der Waals surface area contributed by atoms with Gasteiger partial charge in [0.1, 0.15) is 0 Å². The second-order valence-electron chi connectivity index (χ2n) is 4.96. The zero-order valence-electron chi connectivity index (χ0n) is 11.4. The molecule has 0 atom stereocenters. The monoisotopic (exact) mass is 279 g/mol. The van der Waals surface area contributed by atoms with Crippen LogP contribution >= 0.6 is 0 Å². The van der Waals surface area contributed by atoms with Gasteiger partial charge in [-0.25, -0.2) is 13.2 Å². The Morgan fingerprint density at radius 1 is 1.00 bits per heavy atom. The zero-order valence-corrected chi connectivity index (χ0v) is 11.4. The Labute approximate surface area is 116 Å². The lowest BCUT2D eigenvalue weighted by Crippen LogP contribution is -2.21. The Bertz CT molecular complexity index is 609. The third-order valence-corrected chi connectivity index (χ3v) is 2.99. The van der Waals surface area contributed by atoms with E-state index in [9.17, 15) is 13.2 Å². The summed E-state index contributed by atoms with van der Waals surface area (Å²) < 4.78 is 40.0. The summed E-state index contributed by atoms with van der Waals surface area (Å²) in [6, 6.07) is 9.64.